The third-order valence-corrected chi connectivity index (χ3v) is 2.20. The van der Waals surface area contributed by atoms with Gasteiger partial charge in [-0.05, 0) is 12.1 Å². The number of anilines is 1. The van der Waals surface area contributed by atoms with E-state index in [1.165, 1.54) is 19.2 Å². The van der Waals surface area contributed by atoms with Gasteiger partial charge in [-0.1, -0.05) is 0 Å². The van der Waals surface area contributed by atoms with Gasteiger partial charge in [-0.3, -0.25) is 10.1 Å². The lowest BCUT2D eigenvalue weighted by atomic mass is 10.2. The van der Waals surface area contributed by atoms with Crippen molar-refractivity contribution in [3.63, 3.8) is 0 Å². The van der Waals surface area contributed by atoms with Gasteiger partial charge in [0.2, 0.25) is 0 Å². The zero-order valence-corrected chi connectivity index (χ0v) is 9.29. The fourth-order valence-corrected chi connectivity index (χ4v) is 1.28. The van der Waals surface area contributed by atoms with Crippen LogP contribution in [0.15, 0.2) is 18.2 Å². The fraction of sp³-hybridized carbons (Fsp3) is 0.400. The van der Waals surface area contributed by atoms with Gasteiger partial charge in [-0.15, -0.1) is 0 Å². The second-order valence-electron chi connectivity index (χ2n) is 3.35. The number of hydrogen-bond donors (Lipinski definition) is 3. The third-order valence-electron chi connectivity index (χ3n) is 2.20. The van der Waals surface area contributed by atoms with Crippen LogP contribution in [0.5, 0.6) is 5.75 Å². The van der Waals surface area contributed by atoms with Crippen molar-refractivity contribution in [3.8, 4) is 5.75 Å². The zero-order chi connectivity index (χ0) is 12.8. The molecule has 0 aromatic heterocycles. The van der Waals surface area contributed by atoms with Gasteiger partial charge < -0.3 is 20.3 Å². The van der Waals surface area contributed by atoms with Crippen LogP contribution in [0.25, 0.3) is 0 Å². The average molecular weight is 242 g/mol. The Labute approximate surface area is 97.8 Å². The van der Waals surface area contributed by atoms with Gasteiger partial charge in [-0.25, -0.2) is 0 Å². The van der Waals surface area contributed by atoms with Gasteiger partial charge in [0, 0.05) is 0 Å². The largest absolute Gasteiger partial charge is 0.496 e. The van der Waals surface area contributed by atoms with Crippen LogP contribution in [0.3, 0.4) is 0 Å². The van der Waals surface area contributed by atoms with Crippen molar-refractivity contribution in [1.82, 2.24) is 0 Å². The quantitative estimate of drug-likeness (QED) is 0.491. The molecule has 0 spiro atoms. The van der Waals surface area contributed by atoms with Gasteiger partial charge in [0.15, 0.2) is 0 Å². The molecule has 0 amide bonds. The van der Waals surface area contributed by atoms with Crippen LogP contribution < -0.4 is 10.1 Å². The Balaban J connectivity index is 3.01. The molecule has 0 radical (unpaired) electrons. The molecule has 0 saturated carbocycles. The number of nitro groups is 1. The molecule has 3 N–H and O–H groups in total. The van der Waals surface area contributed by atoms with Crippen LogP contribution in [0.1, 0.15) is 0 Å². The predicted molar refractivity (Wildman–Crippen MR) is 61.2 cm³/mol. The molecule has 7 nitrogen and oxygen atoms in total. The minimum absolute atomic E-state index is 0.170. The molecule has 7 heteroatoms. The van der Waals surface area contributed by atoms with Crippen molar-refractivity contribution in [3.05, 3.63) is 28.3 Å². The van der Waals surface area contributed by atoms with Crippen molar-refractivity contribution < 1.29 is 19.9 Å². The molecule has 0 bridgehead atoms. The van der Waals surface area contributed by atoms with E-state index in [0.29, 0.717) is 5.75 Å². The van der Waals surface area contributed by atoms with Crippen LogP contribution in [-0.4, -0.2) is 41.5 Å². The molecular weight excluding hydrogens is 228 g/mol. The minimum Gasteiger partial charge on any atom is -0.496 e. The molecule has 1 aromatic rings. The number of benzene rings is 1. The van der Waals surface area contributed by atoms with Crippen LogP contribution in [0, 0.1) is 10.1 Å². The van der Waals surface area contributed by atoms with Gasteiger partial charge in [0.25, 0.3) is 5.69 Å². The van der Waals surface area contributed by atoms with E-state index in [4.69, 9.17) is 14.9 Å². The molecule has 0 aliphatic heterocycles. The summed E-state index contributed by atoms with van der Waals surface area (Å²) in [6.45, 7) is -0.640. The number of hydrogen-bond acceptors (Lipinski definition) is 6. The highest BCUT2D eigenvalue weighted by atomic mass is 16.6. The normalized spacial score (nSPS) is 10.4. The predicted octanol–water partition coefficient (Wildman–Crippen LogP) is 0.368. The molecule has 1 aromatic carbocycles. The first-order valence-corrected chi connectivity index (χ1v) is 4.93. The topological polar surface area (TPSA) is 105 Å². The summed E-state index contributed by atoms with van der Waals surface area (Å²) in [5.41, 5.74) is 0.0557. The Hall–Kier alpha value is -1.86. The van der Waals surface area contributed by atoms with Crippen LogP contribution in [0.4, 0.5) is 11.4 Å². The molecule has 94 valence electrons. The summed E-state index contributed by atoms with van der Waals surface area (Å²) >= 11 is 0. The summed E-state index contributed by atoms with van der Waals surface area (Å²) in [5, 5.41) is 31.3. The number of ether oxygens (including phenoxy) is 1. The van der Waals surface area contributed by atoms with E-state index in [0.717, 1.165) is 0 Å². The van der Waals surface area contributed by atoms with Crippen LogP contribution in [-0.2, 0) is 0 Å². The number of nitrogens with one attached hydrogen (secondary N) is 1. The third kappa shape index (κ3) is 3.30. The molecule has 0 fully saturated rings. The fourth-order valence-electron chi connectivity index (χ4n) is 1.28. The Morgan fingerprint density at radius 2 is 2.12 bits per heavy atom. The summed E-state index contributed by atoms with van der Waals surface area (Å²) < 4.78 is 4.89. The van der Waals surface area contributed by atoms with E-state index in [1.54, 1.807) is 6.07 Å². The molecule has 0 unspecified atom stereocenters. The van der Waals surface area contributed by atoms with Crippen LogP contribution in [0.2, 0.25) is 0 Å². The Kier molecular flexibility index (Phi) is 4.68. The lowest BCUT2D eigenvalue weighted by Gasteiger charge is -2.15. The maximum Gasteiger partial charge on any atom is 0.296 e. The minimum atomic E-state index is -0.637. The van der Waals surface area contributed by atoms with E-state index in [1.807, 2.05) is 0 Å². The maximum atomic E-state index is 10.8. The molecule has 1 rings (SSSR count). The van der Waals surface area contributed by atoms with Gasteiger partial charge in [0.05, 0.1) is 37.4 Å². The highest BCUT2D eigenvalue weighted by molar-refractivity contribution is 5.64. The van der Waals surface area contributed by atoms with Crippen LogP contribution >= 0.6 is 0 Å². The average Bonchev–Trinajstić information content (AvgIpc) is 2.35. The number of nitrogens with zero attached hydrogens (tertiary/aromatic N) is 1. The highest BCUT2D eigenvalue weighted by Crippen LogP contribution is 2.29. The SMILES string of the molecule is COc1ccc(NC(CO)CO)c([N+](=O)[O-])c1. The summed E-state index contributed by atoms with van der Waals surface area (Å²) in [5.74, 6) is 0.367. The molecule has 17 heavy (non-hydrogen) atoms. The number of aliphatic hydroxyl groups is 2. The van der Waals surface area contributed by atoms with E-state index < -0.39 is 11.0 Å². The standard InChI is InChI=1S/C10H14N2O5/c1-17-8-2-3-9(10(4-8)12(15)16)11-7(5-13)6-14/h2-4,7,11,13-14H,5-6H2,1H3. The zero-order valence-electron chi connectivity index (χ0n) is 9.29. The van der Waals surface area contributed by atoms with E-state index in [2.05, 4.69) is 5.32 Å². The Morgan fingerprint density at radius 3 is 2.59 bits per heavy atom. The first kappa shape index (κ1) is 13.2. The Morgan fingerprint density at radius 1 is 1.47 bits per heavy atom. The van der Waals surface area contributed by atoms with E-state index >= 15 is 0 Å². The van der Waals surface area contributed by atoms with Gasteiger partial charge >= 0.3 is 0 Å². The Bertz CT molecular complexity index is 392. The maximum absolute atomic E-state index is 10.8. The second kappa shape index (κ2) is 6.02. The summed E-state index contributed by atoms with van der Waals surface area (Å²) in [6, 6.07) is 3.66. The van der Waals surface area contributed by atoms with Crippen molar-refractivity contribution in [2.75, 3.05) is 25.6 Å². The van der Waals surface area contributed by atoms with Gasteiger partial charge in [-0.2, -0.15) is 0 Å². The lowest BCUT2D eigenvalue weighted by Crippen LogP contribution is -2.27. The van der Waals surface area contributed by atoms with Crippen molar-refractivity contribution in [2.24, 2.45) is 0 Å². The van der Waals surface area contributed by atoms with E-state index in [9.17, 15) is 10.1 Å². The molecule has 0 aliphatic carbocycles. The molecule has 0 heterocycles. The molecule has 0 saturated heterocycles. The van der Waals surface area contributed by atoms with Gasteiger partial charge in [0.1, 0.15) is 11.4 Å². The van der Waals surface area contributed by atoms with Crippen molar-refractivity contribution >= 4 is 11.4 Å². The molecule has 0 aliphatic rings. The monoisotopic (exact) mass is 242 g/mol. The number of aliphatic hydroxyl groups excluding tert-OH is 2. The smallest absolute Gasteiger partial charge is 0.296 e. The molecule has 0 atom stereocenters. The first-order chi connectivity index (χ1) is 8.12. The number of nitro benzene ring substituents is 1. The second-order valence-corrected chi connectivity index (χ2v) is 3.35. The van der Waals surface area contributed by atoms with E-state index in [-0.39, 0.29) is 24.6 Å². The number of rotatable bonds is 6. The first-order valence-electron chi connectivity index (χ1n) is 4.93. The number of methoxy groups -OCH3 is 1. The highest BCUT2D eigenvalue weighted by Gasteiger charge is 2.17. The van der Waals surface area contributed by atoms with Crippen molar-refractivity contribution in [1.29, 1.82) is 0 Å². The summed E-state index contributed by atoms with van der Waals surface area (Å²) in [4.78, 5) is 10.3. The lowest BCUT2D eigenvalue weighted by molar-refractivity contribution is -0.384. The summed E-state index contributed by atoms with van der Waals surface area (Å²) in [6.07, 6.45) is 0. The molecular formula is C10H14N2O5. The van der Waals surface area contributed by atoms with Crippen molar-refractivity contribution in [2.45, 2.75) is 6.04 Å². The summed E-state index contributed by atoms with van der Waals surface area (Å²) in [7, 11) is 1.41.